The van der Waals surface area contributed by atoms with Gasteiger partial charge in [-0.2, -0.15) is 13.2 Å². The number of nitrogens with zero attached hydrogens (tertiary/aromatic N) is 1. The minimum Gasteiger partial charge on any atom is -0.495 e. The summed E-state index contributed by atoms with van der Waals surface area (Å²) in [6.45, 7) is 0. The summed E-state index contributed by atoms with van der Waals surface area (Å²) in [6.07, 6.45) is -3.05. The molecule has 28 heavy (non-hydrogen) atoms. The summed E-state index contributed by atoms with van der Waals surface area (Å²) in [6, 6.07) is 14.6. The zero-order chi connectivity index (χ0) is 20.1. The van der Waals surface area contributed by atoms with Crippen LogP contribution >= 0.6 is 0 Å². The second-order valence-corrected chi connectivity index (χ2v) is 5.79. The van der Waals surface area contributed by atoms with Crippen LogP contribution in [0.3, 0.4) is 0 Å². The van der Waals surface area contributed by atoms with E-state index in [0.717, 1.165) is 12.1 Å². The molecule has 0 unspecified atom stereocenters. The molecule has 2 N–H and O–H groups in total. The molecular weight excluding hydrogens is 371 g/mol. The number of carbonyl (C=O) groups excluding carboxylic acids is 1. The van der Waals surface area contributed by atoms with E-state index in [2.05, 4.69) is 15.6 Å². The zero-order valence-electron chi connectivity index (χ0n) is 14.7. The van der Waals surface area contributed by atoms with Gasteiger partial charge < -0.3 is 15.4 Å². The molecule has 0 saturated heterocycles. The Balaban J connectivity index is 1.77. The molecule has 0 aliphatic heterocycles. The molecule has 0 radical (unpaired) electrons. The molecule has 5 nitrogen and oxygen atoms in total. The lowest BCUT2D eigenvalue weighted by Crippen LogP contribution is -2.13. The highest BCUT2D eigenvalue weighted by Crippen LogP contribution is 2.31. The normalized spacial score (nSPS) is 11.0. The van der Waals surface area contributed by atoms with Crippen LogP contribution < -0.4 is 15.4 Å². The predicted molar refractivity (Wildman–Crippen MR) is 99.9 cm³/mol. The van der Waals surface area contributed by atoms with Crippen molar-refractivity contribution < 1.29 is 22.7 Å². The van der Waals surface area contributed by atoms with Gasteiger partial charge in [0.1, 0.15) is 11.6 Å². The van der Waals surface area contributed by atoms with Crippen molar-refractivity contribution in [3.05, 3.63) is 78.0 Å². The van der Waals surface area contributed by atoms with Crippen LogP contribution in [0.1, 0.15) is 15.9 Å². The summed E-state index contributed by atoms with van der Waals surface area (Å²) in [5, 5.41) is 5.51. The molecule has 0 saturated carbocycles. The van der Waals surface area contributed by atoms with Gasteiger partial charge in [0.25, 0.3) is 5.91 Å². The summed E-state index contributed by atoms with van der Waals surface area (Å²) >= 11 is 0. The fraction of sp³-hybridized carbons (Fsp3) is 0.100. The van der Waals surface area contributed by atoms with Crippen LogP contribution in [0.4, 0.5) is 30.4 Å². The van der Waals surface area contributed by atoms with E-state index < -0.39 is 17.6 Å². The Morgan fingerprint density at radius 2 is 1.82 bits per heavy atom. The number of aromatic nitrogens is 1. The highest BCUT2D eigenvalue weighted by atomic mass is 19.4. The number of rotatable bonds is 5. The molecule has 1 heterocycles. The van der Waals surface area contributed by atoms with Crippen LogP contribution in [-0.2, 0) is 6.18 Å². The van der Waals surface area contributed by atoms with Crippen molar-refractivity contribution >= 4 is 23.1 Å². The Hall–Kier alpha value is -3.55. The molecule has 2 aromatic carbocycles. The van der Waals surface area contributed by atoms with Crippen molar-refractivity contribution in [1.82, 2.24) is 4.98 Å². The van der Waals surface area contributed by atoms with E-state index in [1.807, 2.05) is 12.1 Å². The zero-order valence-corrected chi connectivity index (χ0v) is 14.7. The van der Waals surface area contributed by atoms with E-state index in [1.165, 1.54) is 37.6 Å². The van der Waals surface area contributed by atoms with E-state index in [-0.39, 0.29) is 11.3 Å². The molecule has 0 aliphatic rings. The smallest absolute Gasteiger partial charge is 0.416 e. The molecule has 0 atom stereocenters. The quantitative estimate of drug-likeness (QED) is 0.639. The van der Waals surface area contributed by atoms with Crippen LogP contribution in [0.25, 0.3) is 0 Å². The molecule has 3 aromatic rings. The number of halogens is 3. The monoisotopic (exact) mass is 387 g/mol. The fourth-order valence-corrected chi connectivity index (χ4v) is 2.50. The first-order valence-electron chi connectivity index (χ1n) is 8.21. The lowest BCUT2D eigenvalue weighted by molar-refractivity contribution is -0.137. The van der Waals surface area contributed by atoms with Gasteiger partial charge >= 0.3 is 6.18 Å². The second kappa shape index (κ2) is 7.99. The summed E-state index contributed by atoms with van der Waals surface area (Å²) in [5.74, 6) is 0.439. The van der Waals surface area contributed by atoms with Gasteiger partial charge in [-0.15, -0.1) is 0 Å². The molecule has 0 aliphatic carbocycles. The van der Waals surface area contributed by atoms with Gasteiger partial charge in [0.15, 0.2) is 0 Å². The SMILES string of the molecule is COc1ccccc1Nc1cc(C(=O)Nc2cccc(C(F)(F)F)c2)ccn1. The number of hydrogen-bond acceptors (Lipinski definition) is 4. The molecule has 144 valence electrons. The molecule has 3 rings (SSSR count). The van der Waals surface area contributed by atoms with E-state index in [9.17, 15) is 18.0 Å². The molecule has 1 aromatic heterocycles. The van der Waals surface area contributed by atoms with Crippen molar-refractivity contribution in [3.8, 4) is 5.75 Å². The Kier molecular flexibility index (Phi) is 5.49. The third-order valence-corrected chi connectivity index (χ3v) is 3.84. The van der Waals surface area contributed by atoms with Gasteiger partial charge in [0.2, 0.25) is 0 Å². The first-order valence-corrected chi connectivity index (χ1v) is 8.21. The number of hydrogen-bond donors (Lipinski definition) is 2. The topological polar surface area (TPSA) is 63.2 Å². The highest BCUT2D eigenvalue weighted by Gasteiger charge is 2.30. The van der Waals surface area contributed by atoms with Crippen LogP contribution in [0.2, 0.25) is 0 Å². The van der Waals surface area contributed by atoms with Gasteiger partial charge in [-0.1, -0.05) is 18.2 Å². The first kappa shape index (κ1) is 19.2. The number of carbonyl (C=O) groups is 1. The second-order valence-electron chi connectivity index (χ2n) is 5.79. The van der Waals surface area contributed by atoms with Gasteiger partial charge in [-0.3, -0.25) is 4.79 Å². The molecule has 8 heteroatoms. The van der Waals surface area contributed by atoms with E-state index in [0.29, 0.717) is 17.3 Å². The van der Waals surface area contributed by atoms with Crippen molar-refractivity contribution in [2.45, 2.75) is 6.18 Å². The standard InChI is InChI=1S/C20H16F3N3O2/c1-28-17-8-3-2-7-16(17)26-18-11-13(9-10-24-18)19(27)25-15-6-4-5-14(12-15)20(21,22)23/h2-12H,1H3,(H,24,26)(H,25,27). The molecule has 1 amide bonds. The van der Waals surface area contributed by atoms with Gasteiger partial charge in [0, 0.05) is 17.4 Å². The number of anilines is 3. The van der Waals surface area contributed by atoms with Crippen LogP contribution in [0.15, 0.2) is 66.9 Å². The highest BCUT2D eigenvalue weighted by molar-refractivity contribution is 6.04. The van der Waals surface area contributed by atoms with E-state index >= 15 is 0 Å². The minimum absolute atomic E-state index is 0.0517. The van der Waals surface area contributed by atoms with E-state index in [1.54, 1.807) is 12.1 Å². The maximum Gasteiger partial charge on any atom is 0.416 e. The lowest BCUT2D eigenvalue weighted by atomic mass is 10.2. The average molecular weight is 387 g/mol. The molecular formula is C20H16F3N3O2. The number of alkyl halides is 3. The van der Waals surface area contributed by atoms with Crippen LogP contribution in [0, 0.1) is 0 Å². The Labute approximate surface area is 159 Å². The number of pyridine rings is 1. The molecule has 0 bridgehead atoms. The number of amides is 1. The van der Waals surface area contributed by atoms with Crippen molar-refractivity contribution in [3.63, 3.8) is 0 Å². The Morgan fingerprint density at radius 1 is 1.04 bits per heavy atom. The van der Waals surface area contributed by atoms with Gasteiger partial charge in [-0.25, -0.2) is 4.98 Å². The summed E-state index contributed by atoms with van der Waals surface area (Å²) in [7, 11) is 1.53. The Morgan fingerprint density at radius 3 is 2.57 bits per heavy atom. The van der Waals surface area contributed by atoms with Crippen molar-refractivity contribution in [2.75, 3.05) is 17.7 Å². The number of benzene rings is 2. The average Bonchev–Trinajstić information content (AvgIpc) is 2.68. The molecule has 0 fully saturated rings. The summed E-state index contributed by atoms with van der Waals surface area (Å²) in [5.41, 5.74) is 0.118. The third kappa shape index (κ3) is 4.59. The summed E-state index contributed by atoms with van der Waals surface area (Å²) < 4.78 is 43.7. The van der Waals surface area contributed by atoms with E-state index in [4.69, 9.17) is 4.74 Å². The maximum absolute atomic E-state index is 12.8. The van der Waals surface area contributed by atoms with Gasteiger partial charge in [-0.05, 0) is 42.5 Å². The largest absolute Gasteiger partial charge is 0.495 e. The number of para-hydroxylation sites is 2. The third-order valence-electron chi connectivity index (χ3n) is 3.84. The van der Waals surface area contributed by atoms with Crippen LogP contribution in [-0.4, -0.2) is 18.0 Å². The lowest BCUT2D eigenvalue weighted by Gasteiger charge is -2.12. The fourth-order valence-electron chi connectivity index (χ4n) is 2.50. The predicted octanol–water partition coefficient (Wildman–Crippen LogP) is 5.10. The summed E-state index contributed by atoms with van der Waals surface area (Å²) in [4.78, 5) is 16.6. The minimum atomic E-state index is -4.48. The van der Waals surface area contributed by atoms with Crippen molar-refractivity contribution in [1.29, 1.82) is 0 Å². The number of methoxy groups -OCH3 is 1. The van der Waals surface area contributed by atoms with Crippen molar-refractivity contribution in [2.24, 2.45) is 0 Å². The van der Waals surface area contributed by atoms with Gasteiger partial charge in [0.05, 0.1) is 18.4 Å². The number of ether oxygens (including phenoxy) is 1. The Bertz CT molecular complexity index is 990. The first-order chi connectivity index (χ1) is 13.4. The molecule has 0 spiro atoms. The number of nitrogens with one attached hydrogen (secondary N) is 2. The van der Waals surface area contributed by atoms with Crippen LogP contribution in [0.5, 0.6) is 5.75 Å². The maximum atomic E-state index is 12.8.